The number of carbonyl (C=O) groups excluding carboxylic acids is 1. The molecule has 17 heavy (non-hydrogen) atoms. The predicted molar refractivity (Wildman–Crippen MR) is 66.1 cm³/mol. The van der Waals surface area contributed by atoms with E-state index in [1.807, 2.05) is 13.2 Å². The van der Waals surface area contributed by atoms with Gasteiger partial charge in [-0.1, -0.05) is 6.92 Å². The molecule has 0 saturated carbocycles. The molecule has 0 spiro atoms. The van der Waals surface area contributed by atoms with E-state index in [-0.39, 0.29) is 10.8 Å². The molecule has 0 aromatic heterocycles. The number of amides is 1. The molecular weight excluding hydrogens is 246 g/mol. The topological polar surface area (TPSA) is 55.1 Å². The highest BCUT2D eigenvalue weighted by Gasteiger charge is 2.13. The van der Waals surface area contributed by atoms with E-state index in [9.17, 15) is 13.6 Å². The second-order valence-electron chi connectivity index (χ2n) is 3.61. The van der Waals surface area contributed by atoms with E-state index in [0.29, 0.717) is 6.54 Å². The molecule has 3 N–H and O–H groups in total. The van der Waals surface area contributed by atoms with Crippen molar-refractivity contribution < 1.29 is 13.6 Å². The predicted octanol–water partition coefficient (Wildman–Crippen LogP) is 2.03. The lowest BCUT2D eigenvalue weighted by Gasteiger charge is -2.10. The third-order valence-corrected chi connectivity index (χ3v) is 3.27. The van der Waals surface area contributed by atoms with Crippen LogP contribution < -0.4 is 11.1 Å². The Morgan fingerprint density at radius 1 is 1.47 bits per heavy atom. The molecule has 1 rings (SSSR count). The SMILES string of the molecule is CSC(C)CNC(=O)c1cc(F)c(N)c(F)c1. The molecule has 0 aliphatic carbocycles. The molecule has 3 nitrogen and oxygen atoms in total. The third-order valence-electron chi connectivity index (χ3n) is 2.29. The van der Waals surface area contributed by atoms with E-state index in [0.717, 1.165) is 12.1 Å². The second kappa shape index (κ2) is 5.86. The average Bonchev–Trinajstić information content (AvgIpc) is 2.31. The van der Waals surface area contributed by atoms with Crippen LogP contribution in [0.3, 0.4) is 0 Å². The monoisotopic (exact) mass is 260 g/mol. The molecular formula is C11H14F2N2OS. The zero-order valence-corrected chi connectivity index (χ0v) is 10.4. The molecule has 0 bridgehead atoms. The summed E-state index contributed by atoms with van der Waals surface area (Å²) in [6, 6.07) is 1.86. The van der Waals surface area contributed by atoms with E-state index in [1.54, 1.807) is 11.8 Å². The first-order valence-corrected chi connectivity index (χ1v) is 6.30. The van der Waals surface area contributed by atoms with Gasteiger partial charge in [0, 0.05) is 17.4 Å². The van der Waals surface area contributed by atoms with Gasteiger partial charge in [0.25, 0.3) is 5.91 Å². The minimum absolute atomic E-state index is 0.0671. The molecule has 0 fully saturated rings. The highest BCUT2D eigenvalue weighted by molar-refractivity contribution is 7.99. The van der Waals surface area contributed by atoms with Gasteiger partial charge >= 0.3 is 0 Å². The fraction of sp³-hybridized carbons (Fsp3) is 0.364. The summed E-state index contributed by atoms with van der Waals surface area (Å²) in [5.74, 6) is -2.36. The van der Waals surface area contributed by atoms with Crippen molar-refractivity contribution in [1.29, 1.82) is 0 Å². The van der Waals surface area contributed by atoms with Gasteiger partial charge in [0.15, 0.2) is 0 Å². The summed E-state index contributed by atoms with van der Waals surface area (Å²) in [5.41, 5.74) is 4.47. The van der Waals surface area contributed by atoms with Gasteiger partial charge in [-0.15, -0.1) is 0 Å². The lowest BCUT2D eigenvalue weighted by molar-refractivity contribution is 0.0953. The van der Waals surface area contributed by atoms with Crippen LogP contribution in [0.25, 0.3) is 0 Å². The van der Waals surface area contributed by atoms with Crippen LogP contribution in [0.4, 0.5) is 14.5 Å². The average molecular weight is 260 g/mol. The highest BCUT2D eigenvalue weighted by Crippen LogP contribution is 2.17. The van der Waals surface area contributed by atoms with Crippen LogP contribution in [-0.4, -0.2) is 24.0 Å². The van der Waals surface area contributed by atoms with Gasteiger partial charge in [-0.3, -0.25) is 4.79 Å². The first-order valence-electron chi connectivity index (χ1n) is 5.01. The van der Waals surface area contributed by atoms with E-state index in [1.165, 1.54) is 0 Å². The molecule has 0 aliphatic heterocycles. The lowest BCUT2D eigenvalue weighted by Crippen LogP contribution is -2.29. The number of nitrogens with one attached hydrogen (secondary N) is 1. The molecule has 6 heteroatoms. The number of rotatable bonds is 4. The van der Waals surface area contributed by atoms with Crippen molar-refractivity contribution >= 4 is 23.4 Å². The van der Waals surface area contributed by atoms with Crippen molar-refractivity contribution in [3.05, 3.63) is 29.3 Å². The highest BCUT2D eigenvalue weighted by atomic mass is 32.2. The fourth-order valence-electron chi connectivity index (χ4n) is 1.14. The van der Waals surface area contributed by atoms with Crippen molar-refractivity contribution in [2.75, 3.05) is 18.5 Å². The molecule has 1 unspecified atom stereocenters. The van der Waals surface area contributed by atoms with Crippen molar-refractivity contribution in [1.82, 2.24) is 5.32 Å². The molecule has 0 radical (unpaired) electrons. The Labute approximate surface area is 103 Å². The van der Waals surface area contributed by atoms with E-state index in [2.05, 4.69) is 5.32 Å². The summed E-state index contributed by atoms with van der Waals surface area (Å²) in [6.45, 7) is 2.38. The maximum Gasteiger partial charge on any atom is 0.251 e. The molecule has 0 saturated heterocycles. The number of halogens is 2. The number of thioether (sulfide) groups is 1. The quantitative estimate of drug-likeness (QED) is 0.814. The summed E-state index contributed by atoms with van der Waals surface area (Å²) in [6.07, 6.45) is 1.92. The molecule has 1 aromatic carbocycles. The van der Waals surface area contributed by atoms with Gasteiger partial charge in [-0.05, 0) is 18.4 Å². The number of hydrogen-bond acceptors (Lipinski definition) is 3. The van der Waals surface area contributed by atoms with Crippen LogP contribution in [0.15, 0.2) is 12.1 Å². The molecule has 1 amide bonds. The van der Waals surface area contributed by atoms with Crippen LogP contribution in [0.1, 0.15) is 17.3 Å². The van der Waals surface area contributed by atoms with Crippen LogP contribution in [0.2, 0.25) is 0 Å². The Balaban J connectivity index is 2.76. The van der Waals surface area contributed by atoms with Crippen LogP contribution in [0, 0.1) is 11.6 Å². The largest absolute Gasteiger partial charge is 0.394 e. The summed E-state index contributed by atoms with van der Waals surface area (Å²) < 4.78 is 26.2. The Morgan fingerprint density at radius 2 is 2.00 bits per heavy atom. The van der Waals surface area contributed by atoms with Gasteiger partial charge in [0.05, 0.1) is 0 Å². The minimum atomic E-state index is -0.923. The van der Waals surface area contributed by atoms with Gasteiger partial charge < -0.3 is 11.1 Å². The van der Waals surface area contributed by atoms with E-state index < -0.39 is 23.2 Å². The van der Waals surface area contributed by atoms with Crippen molar-refractivity contribution in [2.24, 2.45) is 0 Å². The molecule has 1 aromatic rings. The summed E-state index contributed by atoms with van der Waals surface area (Å²) >= 11 is 1.59. The first-order chi connectivity index (χ1) is 7.95. The number of benzene rings is 1. The van der Waals surface area contributed by atoms with Crippen LogP contribution in [0.5, 0.6) is 0 Å². The van der Waals surface area contributed by atoms with Crippen molar-refractivity contribution in [3.63, 3.8) is 0 Å². The van der Waals surface area contributed by atoms with E-state index in [4.69, 9.17) is 5.73 Å². The lowest BCUT2D eigenvalue weighted by atomic mass is 10.1. The van der Waals surface area contributed by atoms with Crippen molar-refractivity contribution in [3.8, 4) is 0 Å². The molecule has 0 aliphatic rings. The summed E-state index contributed by atoms with van der Waals surface area (Å²) in [5, 5.41) is 2.83. The smallest absolute Gasteiger partial charge is 0.251 e. The number of nitrogen functional groups attached to an aromatic ring is 1. The Bertz CT molecular complexity index is 403. The van der Waals surface area contributed by atoms with Crippen molar-refractivity contribution in [2.45, 2.75) is 12.2 Å². The number of nitrogens with two attached hydrogens (primary N) is 1. The van der Waals surface area contributed by atoms with E-state index >= 15 is 0 Å². The summed E-state index contributed by atoms with van der Waals surface area (Å²) in [7, 11) is 0. The van der Waals surface area contributed by atoms with Gasteiger partial charge in [0.1, 0.15) is 17.3 Å². The Hall–Kier alpha value is -1.30. The van der Waals surface area contributed by atoms with Gasteiger partial charge in [-0.2, -0.15) is 11.8 Å². The maximum atomic E-state index is 13.1. The molecule has 1 atom stereocenters. The Morgan fingerprint density at radius 3 is 2.47 bits per heavy atom. The Kier molecular flexibility index (Phi) is 4.74. The zero-order chi connectivity index (χ0) is 13.0. The molecule has 94 valence electrons. The fourth-order valence-corrected chi connectivity index (χ4v) is 1.39. The number of carbonyl (C=O) groups is 1. The normalized spacial score (nSPS) is 12.2. The van der Waals surface area contributed by atoms with Gasteiger partial charge in [-0.25, -0.2) is 8.78 Å². The molecule has 0 heterocycles. The second-order valence-corrected chi connectivity index (χ2v) is 4.89. The van der Waals surface area contributed by atoms with Crippen LogP contribution in [-0.2, 0) is 0 Å². The maximum absolute atomic E-state index is 13.1. The minimum Gasteiger partial charge on any atom is -0.394 e. The van der Waals surface area contributed by atoms with Crippen LogP contribution >= 0.6 is 11.8 Å². The first kappa shape index (κ1) is 13.8. The number of hydrogen-bond donors (Lipinski definition) is 2. The summed E-state index contributed by atoms with van der Waals surface area (Å²) in [4.78, 5) is 11.6. The standard InChI is InChI=1S/C11H14F2N2OS/c1-6(17-2)5-15-11(16)7-3-8(12)10(14)9(13)4-7/h3-4,6H,5,14H2,1-2H3,(H,15,16). The zero-order valence-electron chi connectivity index (χ0n) is 9.59. The number of anilines is 1. The third kappa shape index (κ3) is 3.59. The van der Waals surface area contributed by atoms with Gasteiger partial charge in [0.2, 0.25) is 0 Å².